The van der Waals surface area contributed by atoms with Crippen LogP contribution in [0.1, 0.15) is 25.7 Å². The van der Waals surface area contributed by atoms with E-state index in [0.717, 1.165) is 12.8 Å². The zero-order valence-corrected chi connectivity index (χ0v) is 12.4. The van der Waals surface area contributed by atoms with Crippen molar-refractivity contribution in [2.45, 2.75) is 31.2 Å². The van der Waals surface area contributed by atoms with Gasteiger partial charge in [-0.25, -0.2) is 9.59 Å². The molecule has 1 aromatic rings. The first kappa shape index (κ1) is 15.4. The Balaban J connectivity index is 2.06. The SMILES string of the molecule is COc1cc(NC(=O)NC2(C(=O)O)CCCC2)ccc1Cl. The minimum atomic E-state index is -1.17. The van der Waals surface area contributed by atoms with Crippen molar-refractivity contribution in [3.8, 4) is 5.75 Å². The number of hydrogen-bond acceptors (Lipinski definition) is 3. The largest absolute Gasteiger partial charge is 0.495 e. The highest BCUT2D eigenvalue weighted by molar-refractivity contribution is 6.32. The molecule has 0 bridgehead atoms. The number of carbonyl (C=O) groups excluding carboxylic acids is 1. The molecule has 2 amide bonds. The van der Waals surface area contributed by atoms with Gasteiger partial charge in [0, 0.05) is 11.8 Å². The smallest absolute Gasteiger partial charge is 0.329 e. The van der Waals surface area contributed by atoms with Gasteiger partial charge in [0.25, 0.3) is 0 Å². The Bertz CT molecular complexity index is 556. The summed E-state index contributed by atoms with van der Waals surface area (Å²) in [6, 6.07) is 4.23. The third kappa shape index (κ3) is 3.39. The second-order valence-corrected chi connectivity index (χ2v) is 5.43. The van der Waals surface area contributed by atoms with Crippen LogP contribution in [0.3, 0.4) is 0 Å². The summed E-state index contributed by atoms with van der Waals surface area (Å²) in [5, 5.41) is 14.9. The molecule has 114 valence electrons. The molecule has 0 aliphatic heterocycles. The maximum atomic E-state index is 12.0. The van der Waals surface area contributed by atoms with Crippen LogP contribution in [-0.4, -0.2) is 29.8 Å². The van der Waals surface area contributed by atoms with Crippen LogP contribution in [-0.2, 0) is 4.79 Å². The lowest BCUT2D eigenvalue weighted by molar-refractivity contribution is -0.144. The Hall–Kier alpha value is -1.95. The Morgan fingerprint density at radius 3 is 2.57 bits per heavy atom. The molecule has 1 fully saturated rings. The molecule has 1 saturated carbocycles. The summed E-state index contributed by atoms with van der Waals surface area (Å²) in [6.07, 6.45) is 2.47. The first-order valence-corrected chi connectivity index (χ1v) is 7.01. The van der Waals surface area contributed by atoms with Crippen molar-refractivity contribution in [1.82, 2.24) is 5.32 Å². The maximum absolute atomic E-state index is 12.0. The number of aliphatic carboxylic acids is 1. The summed E-state index contributed by atoms with van der Waals surface area (Å²) in [6.45, 7) is 0. The van der Waals surface area contributed by atoms with Gasteiger partial charge < -0.3 is 20.5 Å². The summed E-state index contributed by atoms with van der Waals surface area (Å²) in [5.74, 6) is -0.563. The van der Waals surface area contributed by atoms with Gasteiger partial charge in [-0.3, -0.25) is 0 Å². The normalized spacial score (nSPS) is 16.3. The van der Waals surface area contributed by atoms with Crippen LogP contribution in [0.4, 0.5) is 10.5 Å². The van der Waals surface area contributed by atoms with Crippen LogP contribution in [0, 0.1) is 0 Å². The molecule has 0 atom stereocenters. The van der Waals surface area contributed by atoms with E-state index in [1.165, 1.54) is 7.11 Å². The van der Waals surface area contributed by atoms with Crippen molar-refractivity contribution in [3.63, 3.8) is 0 Å². The number of carbonyl (C=O) groups is 2. The fourth-order valence-corrected chi connectivity index (χ4v) is 2.68. The van der Waals surface area contributed by atoms with Gasteiger partial charge in [-0.2, -0.15) is 0 Å². The van der Waals surface area contributed by atoms with Crippen LogP contribution in [0.15, 0.2) is 18.2 Å². The van der Waals surface area contributed by atoms with E-state index in [2.05, 4.69) is 10.6 Å². The molecule has 21 heavy (non-hydrogen) atoms. The molecule has 0 heterocycles. The van der Waals surface area contributed by atoms with E-state index in [0.29, 0.717) is 29.3 Å². The van der Waals surface area contributed by atoms with Crippen molar-refractivity contribution >= 4 is 29.3 Å². The lowest BCUT2D eigenvalue weighted by Gasteiger charge is -2.25. The van der Waals surface area contributed by atoms with E-state index in [1.54, 1.807) is 18.2 Å². The van der Waals surface area contributed by atoms with E-state index in [-0.39, 0.29) is 0 Å². The van der Waals surface area contributed by atoms with Gasteiger partial charge in [0.15, 0.2) is 0 Å². The third-order valence-corrected chi connectivity index (χ3v) is 3.94. The fraction of sp³-hybridized carbons (Fsp3) is 0.429. The molecule has 0 aromatic heterocycles. The van der Waals surface area contributed by atoms with Gasteiger partial charge in [0.2, 0.25) is 0 Å². The number of urea groups is 1. The van der Waals surface area contributed by atoms with E-state index < -0.39 is 17.5 Å². The van der Waals surface area contributed by atoms with Crippen LogP contribution < -0.4 is 15.4 Å². The molecule has 1 aliphatic carbocycles. The standard InChI is InChI=1S/C14H17ClN2O4/c1-21-11-8-9(4-5-10(11)15)16-13(20)17-14(12(18)19)6-2-3-7-14/h4-5,8H,2-3,6-7H2,1H3,(H,18,19)(H2,16,17,20). The van der Waals surface area contributed by atoms with Crippen molar-refractivity contribution in [2.75, 3.05) is 12.4 Å². The van der Waals surface area contributed by atoms with E-state index in [1.807, 2.05) is 0 Å². The molecule has 1 aromatic carbocycles. The number of hydrogen-bond donors (Lipinski definition) is 3. The van der Waals surface area contributed by atoms with Gasteiger partial charge in [0.05, 0.1) is 12.1 Å². The summed E-state index contributed by atoms with van der Waals surface area (Å²) < 4.78 is 5.06. The topological polar surface area (TPSA) is 87.7 Å². The fourth-order valence-electron chi connectivity index (χ4n) is 2.49. The number of halogens is 1. The number of benzene rings is 1. The summed E-state index contributed by atoms with van der Waals surface area (Å²) in [5.41, 5.74) is -0.687. The zero-order chi connectivity index (χ0) is 15.5. The average Bonchev–Trinajstić information content (AvgIpc) is 2.90. The number of nitrogens with one attached hydrogen (secondary N) is 2. The van der Waals surface area contributed by atoms with Crippen LogP contribution in [0.2, 0.25) is 5.02 Å². The molecule has 0 radical (unpaired) electrons. The zero-order valence-electron chi connectivity index (χ0n) is 11.6. The second-order valence-electron chi connectivity index (χ2n) is 5.02. The lowest BCUT2D eigenvalue weighted by Crippen LogP contribution is -2.53. The Morgan fingerprint density at radius 2 is 2.00 bits per heavy atom. The number of amides is 2. The lowest BCUT2D eigenvalue weighted by atomic mass is 9.98. The van der Waals surface area contributed by atoms with Gasteiger partial charge in [0.1, 0.15) is 11.3 Å². The molecule has 7 heteroatoms. The molecule has 3 N–H and O–H groups in total. The Morgan fingerprint density at radius 1 is 1.33 bits per heavy atom. The van der Waals surface area contributed by atoms with Crippen LogP contribution in [0.25, 0.3) is 0 Å². The van der Waals surface area contributed by atoms with Gasteiger partial charge in [-0.1, -0.05) is 24.4 Å². The van der Waals surface area contributed by atoms with E-state index in [9.17, 15) is 14.7 Å². The molecule has 6 nitrogen and oxygen atoms in total. The molecule has 0 spiro atoms. The predicted octanol–water partition coefficient (Wildman–Crippen LogP) is 2.87. The molecule has 0 saturated heterocycles. The third-order valence-electron chi connectivity index (χ3n) is 3.63. The summed E-state index contributed by atoms with van der Waals surface area (Å²) >= 11 is 5.90. The average molecular weight is 313 g/mol. The predicted molar refractivity (Wildman–Crippen MR) is 79.0 cm³/mol. The highest BCUT2D eigenvalue weighted by Gasteiger charge is 2.42. The highest BCUT2D eigenvalue weighted by Crippen LogP contribution is 2.30. The number of carboxylic acids is 1. The number of methoxy groups -OCH3 is 1. The summed E-state index contributed by atoms with van der Waals surface area (Å²) in [7, 11) is 1.48. The van der Waals surface area contributed by atoms with E-state index in [4.69, 9.17) is 16.3 Å². The summed E-state index contributed by atoms with van der Waals surface area (Å²) in [4.78, 5) is 23.4. The minimum Gasteiger partial charge on any atom is -0.495 e. The monoisotopic (exact) mass is 312 g/mol. The van der Waals surface area contributed by atoms with Crippen LogP contribution >= 0.6 is 11.6 Å². The maximum Gasteiger partial charge on any atom is 0.329 e. The van der Waals surface area contributed by atoms with Gasteiger partial charge >= 0.3 is 12.0 Å². The second kappa shape index (κ2) is 6.22. The van der Waals surface area contributed by atoms with Crippen molar-refractivity contribution < 1.29 is 19.4 Å². The molecular formula is C14H17ClN2O4. The number of rotatable bonds is 4. The molecule has 0 unspecified atom stereocenters. The highest BCUT2D eigenvalue weighted by atomic mass is 35.5. The molecule has 1 aliphatic rings. The van der Waals surface area contributed by atoms with Crippen molar-refractivity contribution in [3.05, 3.63) is 23.2 Å². The Kier molecular flexibility index (Phi) is 4.57. The van der Waals surface area contributed by atoms with Gasteiger partial charge in [-0.15, -0.1) is 0 Å². The quantitative estimate of drug-likeness (QED) is 0.797. The number of carboxylic acid groups (broad SMARTS) is 1. The Labute approximate surface area is 127 Å². The van der Waals surface area contributed by atoms with Crippen molar-refractivity contribution in [1.29, 1.82) is 0 Å². The van der Waals surface area contributed by atoms with E-state index >= 15 is 0 Å². The van der Waals surface area contributed by atoms with Crippen LogP contribution in [0.5, 0.6) is 5.75 Å². The molecular weight excluding hydrogens is 296 g/mol. The number of anilines is 1. The molecule has 2 rings (SSSR count). The first-order valence-electron chi connectivity index (χ1n) is 6.63. The van der Waals surface area contributed by atoms with Gasteiger partial charge in [-0.05, 0) is 25.0 Å². The minimum absolute atomic E-state index is 0.432. The van der Waals surface area contributed by atoms with Crippen molar-refractivity contribution in [2.24, 2.45) is 0 Å². The first-order chi connectivity index (χ1) is 9.97. The number of ether oxygens (including phenoxy) is 1.